The Morgan fingerprint density at radius 1 is 1.36 bits per heavy atom. The summed E-state index contributed by atoms with van der Waals surface area (Å²) in [6.45, 7) is 4.13. The van der Waals surface area contributed by atoms with E-state index in [-0.39, 0.29) is 12.0 Å². The molecule has 1 aromatic heterocycles. The van der Waals surface area contributed by atoms with E-state index < -0.39 is 6.10 Å². The number of aromatic nitrogens is 1. The van der Waals surface area contributed by atoms with Gasteiger partial charge in [-0.3, -0.25) is 9.78 Å². The number of amides is 1. The first-order valence-electron chi connectivity index (χ1n) is 8.26. The van der Waals surface area contributed by atoms with Crippen molar-refractivity contribution in [2.45, 2.75) is 32.5 Å². The first-order chi connectivity index (χ1) is 12.1. The molecule has 0 unspecified atom stereocenters. The molecular weight excluding hydrogens is 318 g/mol. The van der Waals surface area contributed by atoms with Gasteiger partial charge in [-0.25, -0.2) is 0 Å². The van der Waals surface area contributed by atoms with Crippen LogP contribution in [0.5, 0.6) is 5.75 Å². The van der Waals surface area contributed by atoms with Crippen molar-refractivity contribution < 1.29 is 14.4 Å². The maximum Gasteiger partial charge on any atom is 0.260 e. The molecule has 130 valence electrons. The van der Waals surface area contributed by atoms with Crippen molar-refractivity contribution in [1.29, 1.82) is 0 Å². The minimum absolute atomic E-state index is 0.161. The van der Waals surface area contributed by atoms with Crippen LogP contribution < -0.4 is 10.1 Å². The largest absolute Gasteiger partial charge is 0.479 e. The number of nitrogens with zero attached hydrogens (tertiary/aromatic N) is 2. The van der Waals surface area contributed by atoms with Crippen molar-refractivity contribution in [2.24, 2.45) is 5.16 Å². The number of rotatable bonds is 6. The molecule has 0 bridgehead atoms. The summed E-state index contributed by atoms with van der Waals surface area (Å²) >= 11 is 0. The smallest absolute Gasteiger partial charge is 0.260 e. The van der Waals surface area contributed by atoms with Crippen molar-refractivity contribution in [3.63, 3.8) is 0 Å². The number of oxime groups is 1. The molecule has 0 saturated heterocycles. The van der Waals surface area contributed by atoms with Crippen molar-refractivity contribution in [2.75, 3.05) is 6.54 Å². The van der Waals surface area contributed by atoms with Crippen LogP contribution in [0.1, 0.15) is 24.5 Å². The average Bonchev–Trinajstić information content (AvgIpc) is 3.10. The quantitative estimate of drug-likeness (QED) is 0.877. The molecule has 1 aliphatic rings. The molecule has 2 aromatic rings. The van der Waals surface area contributed by atoms with Crippen LogP contribution in [0.25, 0.3) is 0 Å². The lowest BCUT2D eigenvalue weighted by atomic mass is 10.0. The maximum absolute atomic E-state index is 12.1. The van der Waals surface area contributed by atoms with Crippen LogP contribution in [0.15, 0.2) is 53.9 Å². The lowest BCUT2D eigenvalue weighted by molar-refractivity contribution is -0.127. The summed E-state index contributed by atoms with van der Waals surface area (Å²) in [5.41, 5.74) is 3.15. The van der Waals surface area contributed by atoms with E-state index in [1.54, 1.807) is 31.5 Å². The SMILES string of the molecule is Cc1ccc(C2=NO[C@@H](CNC(=O)[C@@H](C)Oc3cccnc3)C2)cc1. The van der Waals surface area contributed by atoms with E-state index in [0.29, 0.717) is 18.7 Å². The average molecular weight is 339 g/mol. The third-order valence-corrected chi connectivity index (χ3v) is 3.94. The normalized spacial score (nSPS) is 17.4. The summed E-state index contributed by atoms with van der Waals surface area (Å²) in [5.74, 6) is 0.364. The van der Waals surface area contributed by atoms with Gasteiger partial charge in [-0.15, -0.1) is 0 Å². The van der Waals surface area contributed by atoms with E-state index in [1.807, 2.05) is 31.2 Å². The minimum Gasteiger partial charge on any atom is -0.479 e. The van der Waals surface area contributed by atoms with Gasteiger partial charge in [0.05, 0.1) is 18.5 Å². The summed E-state index contributed by atoms with van der Waals surface area (Å²) in [4.78, 5) is 21.5. The lowest BCUT2D eigenvalue weighted by Gasteiger charge is -2.15. The zero-order chi connectivity index (χ0) is 17.6. The highest BCUT2D eigenvalue weighted by Crippen LogP contribution is 2.17. The molecule has 6 nitrogen and oxygen atoms in total. The number of carbonyl (C=O) groups is 1. The topological polar surface area (TPSA) is 72.8 Å². The predicted octanol–water partition coefficient (Wildman–Crippen LogP) is 2.47. The Kier molecular flexibility index (Phi) is 5.28. The van der Waals surface area contributed by atoms with Crippen LogP contribution in [-0.4, -0.2) is 35.4 Å². The molecule has 1 aromatic carbocycles. The molecule has 1 amide bonds. The molecule has 0 radical (unpaired) electrons. The maximum atomic E-state index is 12.1. The highest BCUT2D eigenvalue weighted by molar-refractivity contribution is 6.01. The molecule has 6 heteroatoms. The van der Waals surface area contributed by atoms with Crippen LogP contribution in [0.3, 0.4) is 0 Å². The van der Waals surface area contributed by atoms with E-state index in [1.165, 1.54) is 5.56 Å². The third kappa shape index (κ3) is 4.56. The number of nitrogens with one attached hydrogen (secondary N) is 1. The van der Waals surface area contributed by atoms with Gasteiger partial charge in [0, 0.05) is 12.6 Å². The van der Waals surface area contributed by atoms with Gasteiger partial charge in [0.1, 0.15) is 11.9 Å². The van der Waals surface area contributed by atoms with Crippen molar-refractivity contribution in [3.05, 3.63) is 59.9 Å². The molecule has 0 spiro atoms. The van der Waals surface area contributed by atoms with Gasteiger partial charge < -0.3 is 14.9 Å². The first-order valence-corrected chi connectivity index (χ1v) is 8.26. The fraction of sp³-hybridized carbons (Fsp3) is 0.316. The van der Waals surface area contributed by atoms with Crippen LogP contribution in [-0.2, 0) is 9.63 Å². The van der Waals surface area contributed by atoms with Crippen molar-refractivity contribution in [3.8, 4) is 5.75 Å². The highest BCUT2D eigenvalue weighted by atomic mass is 16.6. The molecule has 25 heavy (non-hydrogen) atoms. The summed E-state index contributed by atoms with van der Waals surface area (Å²) in [6, 6.07) is 11.7. The standard InChI is InChI=1S/C19H21N3O3/c1-13-5-7-15(8-6-13)18-10-17(25-22-18)12-21-19(23)14(2)24-16-4-3-9-20-11-16/h3-9,11,14,17H,10,12H2,1-2H3,(H,21,23)/t14-,17-/m1/s1. The fourth-order valence-corrected chi connectivity index (χ4v) is 2.49. The van der Waals surface area contributed by atoms with Gasteiger partial charge >= 0.3 is 0 Å². The number of carbonyl (C=O) groups excluding carboxylic acids is 1. The number of benzene rings is 1. The zero-order valence-corrected chi connectivity index (χ0v) is 14.3. The molecule has 0 aliphatic carbocycles. The van der Waals surface area contributed by atoms with E-state index in [9.17, 15) is 4.79 Å². The van der Waals surface area contributed by atoms with Crippen molar-refractivity contribution in [1.82, 2.24) is 10.3 Å². The van der Waals surface area contributed by atoms with Crippen LogP contribution in [0, 0.1) is 6.92 Å². The molecule has 3 rings (SSSR count). The molecule has 0 fully saturated rings. The predicted molar refractivity (Wildman–Crippen MR) is 94.5 cm³/mol. The minimum atomic E-state index is -0.608. The molecule has 0 saturated carbocycles. The molecular formula is C19H21N3O3. The Balaban J connectivity index is 1.45. The van der Waals surface area contributed by atoms with Gasteiger partial charge in [0.2, 0.25) is 0 Å². The highest BCUT2D eigenvalue weighted by Gasteiger charge is 2.24. The molecule has 2 heterocycles. The second-order valence-electron chi connectivity index (χ2n) is 6.03. The third-order valence-electron chi connectivity index (χ3n) is 3.94. The van der Waals surface area contributed by atoms with Gasteiger partial charge in [-0.1, -0.05) is 35.0 Å². The van der Waals surface area contributed by atoms with Gasteiger partial charge in [-0.2, -0.15) is 0 Å². The Hall–Kier alpha value is -2.89. The van der Waals surface area contributed by atoms with Crippen LogP contribution in [0.2, 0.25) is 0 Å². The number of pyridine rings is 1. The Labute approximate surface area is 146 Å². The summed E-state index contributed by atoms with van der Waals surface area (Å²) in [7, 11) is 0. The summed E-state index contributed by atoms with van der Waals surface area (Å²) < 4.78 is 5.55. The molecule has 1 aliphatic heterocycles. The van der Waals surface area contributed by atoms with Gasteiger partial charge in [0.25, 0.3) is 5.91 Å². The van der Waals surface area contributed by atoms with Crippen LogP contribution >= 0.6 is 0 Å². The second kappa shape index (κ2) is 7.79. The van der Waals surface area contributed by atoms with Gasteiger partial charge in [0.15, 0.2) is 6.10 Å². The van der Waals surface area contributed by atoms with E-state index in [4.69, 9.17) is 9.57 Å². The fourth-order valence-electron chi connectivity index (χ4n) is 2.49. The van der Waals surface area contributed by atoms with Crippen LogP contribution in [0.4, 0.5) is 0 Å². The molecule has 2 atom stereocenters. The lowest BCUT2D eigenvalue weighted by Crippen LogP contribution is -2.40. The Morgan fingerprint density at radius 3 is 2.88 bits per heavy atom. The first kappa shape index (κ1) is 17.0. The Bertz CT molecular complexity index is 744. The summed E-state index contributed by atoms with van der Waals surface area (Å²) in [5, 5.41) is 6.98. The number of ether oxygens (including phenoxy) is 1. The number of hydrogen-bond donors (Lipinski definition) is 1. The van der Waals surface area contributed by atoms with E-state index in [2.05, 4.69) is 15.5 Å². The number of hydrogen-bond acceptors (Lipinski definition) is 5. The van der Waals surface area contributed by atoms with Gasteiger partial charge in [-0.05, 0) is 31.5 Å². The van der Waals surface area contributed by atoms with E-state index in [0.717, 1.165) is 11.3 Å². The van der Waals surface area contributed by atoms with Crippen molar-refractivity contribution >= 4 is 11.6 Å². The number of aryl methyl sites for hydroxylation is 1. The monoisotopic (exact) mass is 339 g/mol. The zero-order valence-electron chi connectivity index (χ0n) is 14.3. The summed E-state index contributed by atoms with van der Waals surface area (Å²) in [6.07, 6.45) is 3.13. The molecule has 1 N–H and O–H groups in total. The van der Waals surface area contributed by atoms with E-state index >= 15 is 0 Å². The second-order valence-corrected chi connectivity index (χ2v) is 6.03. The Morgan fingerprint density at radius 2 is 2.16 bits per heavy atom.